The monoisotopic (exact) mass is 278 g/mol. The summed E-state index contributed by atoms with van der Waals surface area (Å²) in [6.07, 6.45) is 0.664. The van der Waals surface area contributed by atoms with Crippen LogP contribution in [-0.2, 0) is 9.59 Å². The second kappa shape index (κ2) is 7.05. The highest BCUT2D eigenvalue weighted by molar-refractivity contribution is 5.87. The van der Waals surface area contributed by atoms with E-state index in [0.29, 0.717) is 12.0 Å². The molecule has 0 saturated heterocycles. The van der Waals surface area contributed by atoms with Crippen molar-refractivity contribution in [2.75, 3.05) is 0 Å². The highest BCUT2D eigenvalue weighted by atomic mass is 16.4. The van der Waals surface area contributed by atoms with Gasteiger partial charge in [-0.3, -0.25) is 4.79 Å². The summed E-state index contributed by atoms with van der Waals surface area (Å²) in [5.41, 5.74) is 7.62. The molecule has 0 bridgehead atoms. The Labute approximate surface area is 119 Å². The molecular formula is C15H22N2O3. The third-order valence-electron chi connectivity index (χ3n) is 3.50. The molecule has 110 valence electrons. The van der Waals surface area contributed by atoms with E-state index in [1.54, 1.807) is 19.1 Å². The lowest BCUT2D eigenvalue weighted by Crippen LogP contribution is -2.48. The molecule has 0 spiro atoms. The van der Waals surface area contributed by atoms with Crippen molar-refractivity contribution in [2.24, 2.45) is 11.7 Å². The van der Waals surface area contributed by atoms with Gasteiger partial charge in [-0.1, -0.05) is 50.1 Å². The summed E-state index contributed by atoms with van der Waals surface area (Å²) >= 11 is 0. The van der Waals surface area contributed by atoms with Crippen LogP contribution in [0.1, 0.15) is 37.4 Å². The van der Waals surface area contributed by atoms with Gasteiger partial charge in [0.05, 0.1) is 0 Å². The Balaban J connectivity index is 2.78. The van der Waals surface area contributed by atoms with Crippen LogP contribution in [0.4, 0.5) is 0 Å². The second-order valence-corrected chi connectivity index (χ2v) is 5.10. The van der Waals surface area contributed by atoms with E-state index in [9.17, 15) is 9.59 Å². The topological polar surface area (TPSA) is 92.4 Å². The average molecular weight is 278 g/mol. The second-order valence-electron chi connectivity index (χ2n) is 5.10. The summed E-state index contributed by atoms with van der Waals surface area (Å²) in [5.74, 6) is -1.66. The van der Waals surface area contributed by atoms with Gasteiger partial charge in [-0.15, -0.1) is 0 Å². The van der Waals surface area contributed by atoms with Gasteiger partial charge in [-0.2, -0.15) is 0 Å². The number of carboxylic acid groups (broad SMARTS) is 1. The largest absolute Gasteiger partial charge is 0.480 e. The van der Waals surface area contributed by atoms with E-state index in [0.717, 1.165) is 5.56 Å². The third kappa shape index (κ3) is 4.06. The molecule has 1 amide bonds. The Bertz CT molecular complexity index is 471. The van der Waals surface area contributed by atoms with Crippen LogP contribution in [0.15, 0.2) is 24.3 Å². The molecular weight excluding hydrogens is 256 g/mol. The third-order valence-corrected chi connectivity index (χ3v) is 3.50. The SMILES string of the molecule is CCC(C)[C@H](NC(=O)C(N)c1ccc(C)cc1)C(=O)O. The molecule has 0 aliphatic rings. The van der Waals surface area contributed by atoms with E-state index in [1.807, 2.05) is 26.0 Å². The maximum absolute atomic E-state index is 12.1. The normalized spacial score (nSPS) is 15.2. The number of nitrogens with one attached hydrogen (secondary N) is 1. The average Bonchev–Trinajstić information content (AvgIpc) is 2.43. The van der Waals surface area contributed by atoms with E-state index >= 15 is 0 Å². The predicted octanol–water partition coefficient (Wildman–Crippen LogP) is 1.61. The molecule has 0 aliphatic carbocycles. The number of nitrogens with two attached hydrogens (primary N) is 1. The zero-order valence-corrected chi connectivity index (χ0v) is 12.1. The molecule has 0 heterocycles. The number of amides is 1. The molecule has 5 heteroatoms. The van der Waals surface area contributed by atoms with Gasteiger partial charge in [0.1, 0.15) is 12.1 Å². The van der Waals surface area contributed by atoms with Crippen molar-refractivity contribution in [3.05, 3.63) is 35.4 Å². The lowest BCUT2D eigenvalue weighted by molar-refractivity contribution is -0.143. The van der Waals surface area contributed by atoms with Crippen molar-refractivity contribution in [1.82, 2.24) is 5.32 Å². The summed E-state index contributed by atoms with van der Waals surface area (Å²) in [7, 11) is 0. The molecule has 1 aromatic rings. The van der Waals surface area contributed by atoms with Crippen molar-refractivity contribution < 1.29 is 14.7 Å². The number of hydrogen-bond donors (Lipinski definition) is 3. The lowest BCUT2D eigenvalue weighted by Gasteiger charge is -2.22. The zero-order valence-electron chi connectivity index (χ0n) is 12.1. The number of carbonyl (C=O) groups is 2. The Morgan fingerprint density at radius 2 is 1.85 bits per heavy atom. The van der Waals surface area contributed by atoms with Gasteiger partial charge in [0.2, 0.25) is 5.91 Å². The van der Waals surface area contributed by atoms with Crippen molar-refractivity contribution in [2.45, 2.75) is 39.3 Å². The minimum Gasteiger partial charge on any atom is -0.480 e. The minimum atomic E-state index is -1.04. The lowest BCUT2D eigenvalue weighted by atomic mass is 9.98. The summed E-state index contributed by atoms with van der Waals surface area (Å²) < 4.78 is 0. The minimum absolute atomic E-state index is 0.151. The Kier molecular flexibility index (Phi) is 5.70. The molecule has 4 N–H and O–H groups in total. The highest BCUT2D eigenvalue weighted by Gasteiger charge is 2.27. The fourth-order valence-corrected chi connectivity index (χ4v) is 1.85. The number of rotatable bonds is 6. The molecule has 3 atom stereocenters. The van der Waals surface area contributed by atoms with Crippen LogP contribution in [0.2, 0.25) is 0 Å². The number of aryl methyl sites for hydroxylation is 1. The first-order valence-electron chi connectivity index (χ1n) is 6.72. The molecule has 0 radical (unpaired) electrons. The van der Waals surface area contributed by atoms with Crippen LogP contribution in [0, 0.1) is 12.8 Å². The fourth-order valence-electron chi connectivity index (χ4n) is 1.85. The van der Waals surface area contributed by atoms with Crippen molar-refractivity contribution in [3.8, 4) is 0 Å². The van der Waals surface area contributed by atoms with Crippen LogP contribution in [-0.4, -0.2) is 23.0 Å². The highest BCUT2D eigenvalue weighted by Crippen LogP contribution is 2.14. The molecule has 0 fully saturated rings. The van der Waals surface area contributed by atoms with Crippen molar-refractivity contribution in [3.63, 3.8) is 0 Å². The molecule has 5 nitrogen and oxygen atoms in total. The summed E-state index contributed by atoms with van der Waals surface area (Å²) in [6.45, 7) is 5.61. The number of benzene rings is 1. The Morgan fingerprint density at radius 3 is 2.30 bits per heavy atom. The number of aliphatic carboxylic acids is 1. The maximum Gasteiger partial charge on any atom is 0.326 e. The summed E-state index contributed by atoms with van der Waals surface area (Å²) in [6, 6.07) is 5.51. The summed E-state index contributed by atoms with van der Waals surface area (Å²) in [5, 5.41) is 11.7. The molecule has 0 aliphatic heterocycles. The van der Waals surface area contributed by atoms with Gasteiger partial charge in [0.25, 0.3) is 0 Å². The van der Waals surface area contributed by atoms with E-state index in [4.69, 9.17) is 10.8 Å². The van der Waals surface area contributed by atoms with Gasteiger partial charge < -0.3 is 16.2 Å². The van der Waals surface area contributed by atoms with E-state index in [-0.39, 0.29) is 5.92 Å². The molecule has 1 aromatic carbocycles. The van der Waals surface area contributed by atoms with E-state index < -0.39 is 24.0 Å². The van der Waals surface area contributed by atoms with Crippen LogP contribution in [0.5, 0.6) is 0 Å². The molecule has 0 aromatic heterocycles. The van der Waals surface area contributed by atoms with Crippen molar-refractivity contribution in [1.29, 1.82) is 0 Å². The molecule has 0 saturated carbocycles. The zero-order chi connectivity index (χ0) is 15.3. The fraction of sp³-hybridized carbons (Fsp3) is 0.467. The van der Waals surface area contributed by atoms with E-state index in [2.05, 4.69) is 5.32 Å². The van der Waals surface area contributed by atoms with Gasteiger partial charge in [0.15, 0.2) is 0 Å². The quantitative estimate of drug-likeness (QED) is 0.737. The smallest absolute Gasteiger partial charge is 0.326 e. The number of hydrogen-bond acceptors (Lipinski definition) is 3. The van der Waals surface area contributed by atoms with E-state index in [1.165, 1.54) is 0 Å². The first-order chi connectivity index (χ1) is 9.36. The molecule has 2 unspecified atom stereocenters. The van der Waals surface area contributed by atoms with Gasteiger partial charge in [-0.25, -0.2) is 4.79 Å². The Hall–Kier alpha value is -1.88. The van der Waals surface area contributed by atoms with Crippen LogP contribution in [0.3, 0.4) is 0 Å². The van der Waals surface area contributed by atoms with Crippen LogP contribution >= 0.6 is 0 Å². The summed E-state index contributed by atoms with van der Waals surface area (Å²) in [4.78, 5) is 23.2. The van der Waals surface area contributed by atoms with Gasteiger partial charge in [0, 0.05) is 0 Å². The van der Waals surface area contributed by atoms with Crippen LogP contribution in [0.25, 0.3) is 0 Å². The van der Waals surface area contributed by atoms with Gasteiger partial charge in [-0.05, 0) is 18.4 Å². The van der Waals surface area contributed by atoms with Crippen LogP contribution < -0.4 is 11.1 Å². The Morgan fingerprint density at radius 1 is 1.30 bits per heavy atom. The first-order valence-corrected chi connectivity index (χ1v) is 6.72. The number of carboxylic acids is 1. The first kappa shape index (κ1) is 16.2. The van der Waals surface area contributed by atoms with Crippen molar-refractivity contribution >= 4 is 11.9 Å². The maximum atomic E-state index is 12.1. The predicted molar refractivity (Wildman–Crippen MR) is 77.1 cm³/mol. The van der Waals surface area contributed by atoms with Gasteiger partial charge >= 0.3 is 5.97 Å². The standard InChI is InChI=1S/C15H22N2O3/c1-4-10(3)13(15(19)20)17-14(18)12(16)11-7-5-9(2)6-8-11/h5-8,10,12-13H,4,16H2,1-3H3,(H,17,18)(H,19,20)/t10?,12?,13-/m0/s1. The molecule has 20 heavy (non-hydrogen) atoms. The molecule has 1 rings (SSSR count). The number of carbonyl (C=O) groups excluding carboxylic acids is 1.